The Morgan fingerprint density at radius 2 is 0.698 bits per heavy atom. The summed E-state index contributed by atoms with van der Waals surface area (Å²) < 4.78 is 261. The Bertz CT molecular complexity index is 1990. The van der Waals surface area contributed by atoms with Gasteiger partial charge in [-0.3, -0.25) is 0 Å². The highest BCUT2D eigenvalue weighted by atomic mass is 19.4. The number of rotatable bonds is 4. The van der Waals surface area contributed by atoms with Crippen molar-refractivity contribution in [3.63, 3.8) is 0 Å². The van der Waals surface area contributed by atoms with Crippen molar-refractivity contribution in [2.45, 2.75) is 20.0 Å². The van der Waals surface area contributed by atoms with Crippen LogP contribution in [0.25, 0.3) is 0 Å². The molecular weight excluding hydrogens is 763 g/mol. The summed E-state index contributed by atoms with van der Waals surface area (Å²) in [5.41, 5.74) is -4.90. The van der Waals surface area contributed by atoms with E-state index in [9.17, 15) is 52.7 Å². The molecule has 0 unspecified atom stereocenters. The maximum atomic E-state index is 15.4. The van der Waals surface area contributed by atoms with Gasteiger partial charge < -0.3 is 5.73 Å². The van der Waals surface area contributed by atoms with E-state index in [1.54, 1.807) is 0 Å². The van der Waals surface area contributed by atoms with Crippen molar-refractivity contribution in [1.29, 1.82) is 0 Å². The van der Waals surface area contributed by atoms with E-state index in [1.807, 2.05) is 12.1 Å². The van der Waals surface area contributed by atoms with E-state index in [-0.39, 0.29) is 24.3 Å². The molecule has 0 saturated carbocycles. The van der Waals surface area contributed by atoms with Crippen LogP contribution >= 0.6 is 0 Å². The third kappa shape index (κ3) is 6.46. The van der Waals surface area contributed by atoms with E-state index in [1.165, 1.54) is 11.1 Å². The van der Waals surface area contributed by atoms with Crippen LogP contribution in [0.1, 0.15) is 16.7 Å². The number of halogens is 18. The number of quaternary nitrogens is 1. The minimum absolute atomic E-state index is 0.226. The number of alkyl halides is 3. The summed E-state index contributed by atoms with van der Waals surface area (Å²) in [6.45, 7) is 4.20. The minimum atomic E-state index is -6.14. The Labute approximate surface area is 285 Å². The molecule has 282 valence electrons. The van der Waals surface area contributed by atoms with Crippen molar-refractivity contribution in [1.82, 2.24) is 0 Å². The van der Waals surface area contributed by atoms with Crippen LogP contribution in [-0.2, 0) is 6.18 Å². The maximum absolute atomic E-state index is 15.4. The fourth-order valence-electron chi connectivity index (χ4n) is 5.71. The first-order valence-electron chi connectivity index (χ1n) is 14.2. The SMILES string of the molecule is Cc1cccc([NH3+])c1C.Fc1c(F)c(F)c([B-](c2ccc(C(F)(F)F)cc2)(c2c(F)c(F)c(F)c(F)c2F)c2c(F)c(F)c(F)c(F)c2F)c(F)c1F. The van der Waals surface area contributed by atoms with Crippen molar-refractivity contribution in [2.75, 3.05) is 0 Å². The maximum Gasteiger partial charge on any atom is 0.416 e. The van der Waals surface area contributed by atoms with E-state index in [2.05, 4.69) is 25.6 Å². The molecule has 0 aromatic heterocycles. The van der Waals surface area contributed by atoms with Crippen molar-refractivity contribution in [2.24, 2.45) is 0 Å². The summed E-state index contributed by atoms with van der Waals surface area (Å²) in [5.74, 6) is -48.3. The van der Waals surface area contributed by atoms with Gasteiger partial charge in [-0.25, -0.2) is 65.9 Å². The van der Waals surface area contributed by atoms with Crippen molar-refractivity contribution in [3.05, 3.63) is 146 Å². The average molecular weight is 779 g/mol. The lowest BCUT2D eigenvalue weighted by Crippen LogP contribution is -2.79. The highest BCUT2D eigenvalue weighted by Gasteiger charge is 2.49. The first kappa shape index (κ1) is 40.6. The molecule has 1 nitrogen and oxygen atoms in total. The Kier molecular flexibility index (Phi) is 11.0. The molecule has 5 aromatic rings. The van der Waals surface area contributed by atoms with E-state index in [0.29, 0.717) is 0 Å². The lowest BCUT2D eigenvalue weighted by Gasteiger charge is -2.44. The van der Waals surface area contributed by atoms with Gasteiger partial charge in [-0.15, -0.1) is 16.4 Å². The van der Waals surface area contributed by atoms with E-state index >= 15 is 26.3 Å². The molecule has 0 radical (unpaired) electrons. The molecule has 0 spiro atoms. The zero-order chi connectivity index (χ0) is 40.2. The van der Waals surface area contributed by atoms with Gasteiger partial charge in [0.15, 0.2) is 52.4 Å². The van der Waals surface area contributed by atoms with Gasteiger partial charge in [-0.05, 0) is 25.5 Å². The summed E-state index contributed by atoms with van der Waals surface area (Å²) in [6, 6.07) is 5.23. The highest BCUT2D eigenvalue weighted by molar-refractivity contribution is 7.20. The zero-order valence-electron chi connectivity index (χ0n) is 26.1. The lowest BCUT2D eigenvalue weighted by molar-refractivity contribution is -0.255. The Hall–Kier alpha value is -5.14. The Morgan fingerprint density at radius 1 is 0.415 bits per heavy atom. The van der Waals surface area contributed by atoms with Gasteiger partial charge in [0, 0.05) is 5.56 Å². The monoisotopic (exact) mass is 779 g/mol. The second kappa shape index (κ2) is 14.4. The van der Waals surface area contributed by atoms with Crippen LogP contribution in [0.5, 0.6) is 0 Å². The zero-order valence-corrected chi connectivity index (χ0v) is 26.1. The summed E-state index contributed by atoms with van der Waals surface area (Å²) in [7, 11) is 0. The van der Waals surface area contributed by atoms with E-state index in [0.717, 1.165) is 5.69 Å². The average Bonchev–Trinajstić information content (AvgIpc) is 3.11. The normalized spacial score (nSPS) is 11.9. The van der Waals surface area contributed by atoms with Gasteiger partial charge in [-0.1, -0.05) is 36.4 Å². The molecular formula is C33H16BF18N. The molecule has 0 aliphatic carbocycles. The molecule has 3 N–H and O–H groups in total. The first-order valence-corrected chi connectivity index (χ1v) is 14.2. The molecule has 0 amide bonds. The Morgan fingerprint density at radius 3 is 0.943 bits per heavy atom. The molecule has 0 aliphatic heterocycles. The van der Waals surface area contributed by atoms with Gasteiger partial charge in [-0.2, -0.15) is 18.6 Å². The van der Waals surface area contributed by atoms with Gasteiger partial charge in [0.1, 0.15) is 46.7 Å². The molecule has 0 heterocycles. The van der Waals surface area contributed by atoms with Crippen LogP contribution in [0, 0.1) is 101 Å². The smallest absolute Gasteiger partial charge is 0.325 e. The molecule has 5 rings (SSSR count). The molecule has 20 heteroatoms. The third-order valence-electron chi connectivity index (χ3n) is 8.49. The van der Waals surface area contributed by atoms with Crippen molar-refractivity contribution in [3.8, 4) is 0 Å². The van der Waals surface area contributed by atoms with Crippen molar-refractivity contribution >= 4 is 33.7 Å². The Balaban J connectivity index is 0.000000608. The third-order valence-corrected chi connectivity index (χ3v) is 8.49. The van der Waals surface area contributed by atoms with Crippen LogP contribution in [0.3, 0.4) is 0 Å². The van der Waals surface area contributed by atoms with Crippen LogP contribution in [-0.4, -0.2) is 6.15 Å². The molecule has 0 aliphatic rings. The van der Waals surface area contributed by atoms with Crippen LogP contribution < -0.4 is 27.6 Å². The molecule has 53 heavy (non-hydrogen) atoms. The number of benzene rings is 5. The molecule has 0 saturated heterocycles. The fourth-order valence-corrected chi connectivity index (χ4v) is 5.71. The summed E-state index contributed by atoms with van der Waals surface area (Å²) in [5, 5.41) is 0. The van der Waals surface area contributed by atoms with Gasteiger partial charge >= 0.3 is 6.18 Å². The van der Waals surface area contributed by atoms with Gasteiger partial charge in [0.25, 0.3) is 0 Å². The molecule has 5 aromatic carbocycles. The van der Waals surface area contributed by atoms with Gasteiger partial charge in [0.2, 0.25) is 0 Å². The topological polar surface area (TPSA) is 27.6 Å². The summed E-state index contributed by atoms with van der Waals surface area (Å²) in [6.07, 6.45) is -11.5. The summed E-state index contributed by atoms with van der Waals surface area (Å²) >= 11 is 0. The predicted octanol–water partition coefficient (Wildman–Crippen LogP) is 7.35. The van der Waals surface area contributed by atoms with Crippen LogP contribution in [0.2, 0.25) is 0 Å². The molecule has 0 atom stereocenters. The molecule has 0 bridgehead atoms. The number of aryl methyl sites for hydroxylation is 1. The lowest BCUT2D eigenvalue weighted by atomic mass is 9.12. The van der Waals surface area contributed by atoms with Crippen LogP contribution in [0.15, 0.2) is 42.5 Å². The van der Waals surface area contributed by atoms with Crippen LogP contribution in [0.4, 0.5) is 84.7 Å². The van der Waals surface area contributed by atoms with E-state index < -0.39 is 127 Å². The molecule has 0 fully saturated rings. The fraction of sp³-hybridized carbons (Fsp3) is 0.0909. The van der Waals surface area contributed by atoms with Crippen molar-refractivity contribution < 1.29 is 84.8 Å². The highest BCUT2D eigenvalue weighted by Crippen LogP contribution is 2.31. The second-order valence-electron chi connectivity index (χ2n) is 11.3. The largest absolute Gasteiger partial charge is 0.416 e. The quantitative estimate of drug-likeness (QED) is 0.0857. The van der Waals surface area contributed by atoms with E-state index in [4.69, 9.17) is 0 Å². The minimum Gasteiger partial charge on any atom is -0.325 e. The first-order chi connectivity index (χ1) is 24.5. The standard InChI is InChI=1S/C25H4BF18.C8H11N/c27-10-7(11(28)17(34)22(39)16(10)33)26(6-3-1-5(2-4-6)25(42,43)44,8-12(29)18(35)23(40)19(36)13(8)30)9-14(31)20(37)24(41)21(38)15(9)32;1-6-4-3-5-8(9)7(6)2/h1-4H;3-5H,9H2,1-2H3/q-1;/p+1. The van der Waals surface area contributed by atoms with Gasteiger partial charge in [0.05, 0.1) is 5.56 Å². The summed E-state index contributed by atoms with van der Waals surface area (Å²) in [4.78, 5) is 0. The predicted molar refractivity (Wildman–Crippen MR) is 153 cm³/mol. The second-order valence-corrected chi connectivity index (χ2v) is 11.3. The number of hydrogen-bond acceptors (Lipinski definition) is 0. The number of hydrogen-bond donors (Lipinski definition) is 1.